The summed E-state index contributed by atoms with van der Waals surface area (Å²) in [6.07, 6.45) is 0. The van der Waals surface area contributed by atoms with Gasteiger partial charge in [0.05, 0.1) is 7.11 Å². The van der Waals surface area contributed by atoms with Crippen molar-refractivity contribution in [3.63, 3.8) is 0 Å². The summed E-state index contributed by atoms with van der Waals surface area (Å²) in [4.78, 5) is 2.24. The molecule has 1 atom stereocenters. The van der Waals surface area contributed by atoms with Crippen LogP contribution in [0.5, 0.6) is 5.75 Å². The molecule has 0 aliphatic carbocycles. The van der Waals surface area contributed by atoms with Gasteiger partial charge in [-0.25, -0.2) is 0 Å². The summed E-state index contributed by atoms with van der Waals surface area (Å²) in [7, 11) is 1.66. The third kappa shape index (κ3) is 4.00. The lowest BCUT2D eigenvalue weighted by molar-refractivity contribution is 0.415. The monoisotopic (exact) mass is 408 g/mol. The predicted molar refractivity (Wildman–Crippen MR) is 105 cm³/mol. The fourth-order valence-corrected chi connectivity index (χ4v) is 4.36. The highest BCUT2D eigenvalue weighted by molar-refractivity contribution is 9.10. The molecule has 1 fully saturated rings. The minimum atomic E-state index is 0.265. The van der Waals surface area contributed by atoms with Gasteiger partial charge >= 0.3 is 0 Å². The molecule has 0 amide bonds. The van der Waals surface area contributed by atoms with E-state index in [4.69, 9.17) is 17.0 Å². The predicted octanol–water partition coefficient (Wildman–Crippen LogP) is 4.90. The van der Waals surface area contributed by atoms with Crippen molar-refractivity contribution >= 4 is 50.7 Å². The van der Waals surface area contributed by atoms with Crippen molar-refractivity contribution in [1.82, 2.24) is 4.90 Å². The van der Waals surface area contributed by atoms with Gasteiger partial charge in [-0.05, 0) is 54.2 Å². The summed E-state index contributed by atoms with van der Waals surface area (Å²) in [6.45, 7) is 0.952. The second-order valence-electron chi connectivity index (χ2n) is 5.13. The molecule has 1 heterocycles. The molecule has 1 saturated heterocycles. The molecule has 6 heteroatoms. The van der Waals surface area contributed by atoms with E-state index in [-0.39, 0.29) is 5.37 Å². The van der Waals surface area contributed by atoms with Crippen LogP contribution in [-0.2, 0) is 0 Å². The zero-order chi connectivity index (χ0) is 16.2. The molecule has 0 radical (unpaired) electrons. The van der Waals surface area contributed by atoms with Gasteiger partial charge in [-0.3, -0.25) is 0 Å². The van der Waals surface area contributed by atoms with Crippen LogP contribution in [0.15, 0.2) is 53.0 Å². The van der Waals surface area contributed by atoms with Crippen LogP contribution in [0.25, 0.3) is 0 Å². The van der Waals surface area contributed by atoms with E-state index in [2.05, 4.69) is 50.4 Å². The fraction of sp³-hybridized carbons (Fsp3) is 0.235. The Bertz CT molecular complexity index is 676. The number of hydrogen-bond acceptors (Lipinski definition) is 3. The Kier molecular flexibility index (Phi) is 5.46. The molecule has 2 aromatic carbocycles. The van der Waals surface area contributed by atoms with Gasteiger partial charge in [-0.15, -0.1) is 11.8 Å². The maximum absolute atomic E-state index is 5.62. The number of rotatable bonds is 3. The van der Waals surface area contributed by atoms with Crippen molar-refractivity contribution in [1.29, 1.82) is 0 Å². The number of anilines is 1. The largest absolute Gasteiger partial charge is 0.497 e. The average Bonchev–Trinajstić information content (AvgIpc) is 3.06. The van der Waals surface area contributed by atoms with Crippen LogP contribution < -0.4 is 10.1 Å². The Hall–Kier alpha value is -1.24. The van der Waals surface area contributed by atoms with E-state index in [0.717, 1.165) is 33.3 Å². The molecule has 1 N–H and O–H groups in total. The SMILES string of the molecule is COc1ccc(NC(=S)N2CCS[C@H]2c2ccc(Br)cc2)cc1. The second kappa shape index (κ2) is 7.55. The molecule has 1 aliphatic rings. The van der Waals surface area contributed by atoms with Crippen molar-refractivity contribution in [2.45, 2.75) is 5.37 Å². The highest BCUT2D eigenvalue weighted by Gasteiger charge is 2.28. The first-order chi connectivity index (χ1) is 11.2. The topological polar surface area (TPSA) is 24.5 Å². The molecule has 3 nitrogen and oxygen atoms in total. The van der Waals surface area contributed by atoms with Crippen molar-refractivity contribution < 1.29 is 4.74 Å². The van der Waals surface area contributed by atoms with Crippen molar-refractivity contribution in [3.05, 3.63) is 58.6 Å². The second-order valence-corrected chi connectivity index (χ2v) is 7.62. The van der Waals surface area contributed by atoms with Gasteiger partial charge < -0.3 is 15.0 Å². The van der Waals surface area contributed by atoms with Crippen LogP contribution >= 0.6 is 39.9 Å². The first-order valence-corrected chi connectivity index (χ1v) is 9.51. The molecule has 0 unspecified atom stereocenters. The number of methoxy groups -OCH3 is 1. The molecule has 1 aliphatic heterocycles. The first kappa shape index (κ1) is 16.6. The number of nitrogens with zero attached hydrogens (tertiary/aromatic N) is 1. The number of thiocarbonyl (C=S) groups is 1. The fourth-order valence-electron chi connectivity index (χ4n) is 2.45. The lowest BCUT2D eigenvalue weighted by atomic mass is 10.2. The van der Waals surface area contributed by atoms with E-state index in [9.17, 15) is 0 Å². The smallest absolute Gasteiger partial charge is 0.174 e. The lowest BCUT2D eigenvalue weighted by Gasteiger charge is -2.27. The Balaban J connectivity index is 1.71. The summed E-state index contributed by atoms with van der Waals surface area (Å²) >= 11 is 11.0. The number of thioether (sulfide) groups is 1. The van der Waals surface area contributed by atoms with Gasteiger partial charge in [-0.2, -0.15) is 0 Å². The van der Waals surface area contributed by atoms with Gasteiger partial charge in [0.1, 0.15) is 11.1 Å². The maximum atomic E-state index is 5.62. The van der Waals surface area contributed by atoms with Crippen LogP contribution in [0.2, 0.25) is 0 Å². The molecule has 0 bridgehead atoms. The Morgan fingerprint density at radius 1 is 1.22 bits per heavy atom. The summed E-state index contributed by atoms with van der Waals surface area (Å²) in [5.74, 6) is 1.91. The standard InChI is InChI=1S/C17H17BrN2OS2/c1-21-15-8-6-14(7-9-15)19-17(22)20-10-11-23-16(20)12-2-4-13(18)5-3-12/h2-9,16H,10-11H2,1H3,(H,19,22)/t16-/m0/s1. The summed E-state index contributed by atoms with van der Waals surface area (Å²) in [5, 5.41) is 4.35. The van der Waals surface area contributed by atoms with Gasteiger partial charge in [-0.1, -0.05) is 28.1 Å². The minimum absolute atomic E-state index is 0.265. The number of ether oxygens (including phenoxy) is 1. The van der Waals surface area contributed by atoms with Crippen molar-refractivity contribution in [2.75, 3.05) is 24.7 Å². The molecule has 23 heavy (non-hydrogen) atoms. The van der Waals surface area contributed by atoms with E-state index in [1.165, 1.54) is 5.56 Å². The van der Waals surface area contributed by atoms with E-state index in [1.807, 2.05) is 36.0 Å². The number of hydrogen-bond donors (Lipinski definition) is 1. The third-order valence-electron chi connectivity index (χ3n) is 3.65. The number of halogens is 1. The van der Waals surface area contributed by atoms with E-state index in [1.54, 1.807) is 7.11 Å². The first-order valence-electron chi connectivity index (χ1n) is 7.26. The van der Waals surface area contributed by atoms with Gasteiger partial charge in [0.25, 0.3) is 0 Å². The Morgan fingerprint density at radius 2 is 1.91 bits per heavy atom. The van der Waals surface area contributed by atoms with E-state index in [0.29, 0.717) is 0 Å². The quantitative estimate of drug-likeness (QED) is 0.727. The average molecular weight is 409 g/mol. The van der Waals surface area contributed by atoms with Crippen LogP contribution in [0.1, 0.15) is 10.9 Å². The molecular weight excluding hydrogens is 392 g/mol. The van der Waals surface area contributed by atoms with Crippen LogP contribution in [0.4, 0.5) is 5.69 Å². The number of benzene rings is 2. The Morgan fingerprint density at radius 3 is 2.57 bits per heavy atom. The van der Waals surface area contributed by atoms with Crippen LogP contribution in [0, 0.1) is 0 Å². The van der Waals surface area contributed by atoms with Gasteiger partial charge in [0.15, 0.2) is 5.11 Å². The van der Waals surface area contributed by atoms with Crippen LogP contribution in [-0.4, -0.2) is 29.4 Å². The highest BCUT2D eigenvalue weighted by Crippen LogP contribution is 2.38. The van der Waals surface area contributed by atoms with E-state index < -0.39 is 0 Å². The van der Waals surface area contributed by atoms with Crippen LogP contribution in [0.3, 0.4) is 0 Å². The Labute approximate surface area is 154 Å². The van der Waals surface area contributed by atoms with Gasteiger partial charge in [0, 0.05) is 22.5 Å². The van der Waals surface area contributed by atoms with Crippen molar-refractivity contribution in [2.24, 2.45) is 0 Å². The molecular formula is C17H17BrN2OS2. The molecule has 0 saturated carbocycles. The zero-order valence-electron chi connectivity index (χ0n) is 12.7. The van der Waals surface area contributed by atoms with Crippen molar-refractivity contribution in [3.8, 4) is 5.75 Å². The molecule has 2 aromatic rings. The third-order valence-corrected chi connectivity index (χ3v) is 5.77. The van der Waals surface area contributed by atoms with Gasteiger partial charge in [0.2, 0.25) is 0 Å². The normalized spacial score (nSPS) is 17.1. The molecule has 0 aromatic heterocycles. The highest BCUT2D eigenvalue weighted by atomic mass is 79.9. The summed E-state index contributed by atoms with van der Waals surface area (Å²) in [6, 6.07) is 16.3. The molecule has 3 rings (SSSR count). The maximum Gasteiger partial charge on any atom is 0.174 e. The lowest BCUT2D eigenvalue weighted by Crippen LogP contribution is -2.34. The van der Waals surface area contributed by atoms with E-state index >= 15 is 0 Å². The summed E-state index contributed by atoms with van der Waals surface area (Å²) in [5.41, 5.74) is 2.25. The minimum Gasteiger partial charge on any atom is -0.497 e. The zero-order valence-corrected chi connectivity index (χ0v) is 15.9. The molecule has 120 valence electrons. The number of nitrogens with one attached hydrogen (secondary N) is 1. The molecule has 0 spiro atoms. The summed E-state index contributed by atoms with van der Waals surface area (Å²) < 4.78 is 6.27.